The Morgan fingerprint density at radius 1 is 1.48 bits per heavy atom. The molecular weight excluding hydrogens is 294 g/mol. The fourth-order valence-electron chi connectivity index (χ4n) is 1.80. The molecule has 0 aliphatic heterocycles. The number of esters is 1. The molecule has 0 aliphatic rings. The number of ether oxygens (including phenoxy) is 2. The van der Waals surface area contributed by atoms with Gasteiger partial charge in [0.2, 0.25) is 0 Å². The zero-order valence-corrected chi connectivity index (χ0v) is 12.4. The summed E-state index contributed by atoms with van der Waals surface area (Å²) in [6, 6.07) is 0.900. The van der Waals surface area contributed by atoms with Crippen LogP contribution in [0.15, 0.2) is 24.0 Å². The van der Waals surface area contributed by atoms with E-state index >= 15 is 0 Å². The van der Waals surface area contributed by atoms with Crippen LogP contribution in [0.2, 0.25) is 0 Å². The lowest BCUT2D eigenvalue weighted by Gasteiger charge is -2.15. The van der Waals surface area contributed by atoms with Gasteiger partial charge in [-0.2, -0.15) is 0 Å². The van der Waals surface area contributed by atoms with Crippen molar-refractivity contribution in [3.8, 4) is 5.75 Å². The molecule has 1 atom stereocenters. The number of hydrogen-bond acceptors (Lipinski definition) is 6. The number of amides is 1. The second-order valence-corrected chi connectivity index (χ2v) is 5.06. The van der Waals surface area contributed by atoms with E-state index in [1.165, 1.54) is 31.9 Å². The monoisotopic (exact) mass is 309 g/mol. The third-order valence-corrected chi connectivity index (χ3v) is 3.72. The number of H-pyrrole nitrogens is 1. The Hall–Kier alpha value is -2.35. The van der Waals surface area contributed by atoms with Gasteiger partial charge in [-0.15, -0.1) is 11.3 Å². The number of rotatable bonds is 6. The first-order valence-corrected chi connectivity index (χ1v) is 7.01. The highest BCUT2D eigenvalue weighted by Gasteiger charge is 2.25. The van der Waals surface area contributed by atoms with Crippen LogP contribution in [0.3, 0.4) is 0 Å². The Labute approximate surface area is 125 Å². The molecule has 2 aromatic rings. The van der Waals surface area contributed by atoms with Crippen LogP contribution in [-0.4, -0.2) is 42.1 Å². The lowest BCUT2D eigenvalue weighted by Crippen LogP contribution is -2.43. The van der Waals surface area contributed by atoms with Crippen LogP contribution in [0.4, 0.5) is 0 Å². The van der Waals surface area contributed by atoms with Crippen molar-refractivity contribution >= 4 is 23.2 Å². The maximum absolute atomic E-state index is 12.2. The number of hydrogen-bond donors (Lipinski definition) is 2. The van der Waals surface area contributed by atoms with Gasteiger partial charge in [0.05, 0.1) is 20.5 Å². The number of nitrogens with zero attached hydrogens (tertiary/aromatic N) is 1. The molecule has 0 spiro atoms. The highest BCUT2D eigenvalue weighted by Crippen LogP contribution is 2.24. The van der Waals surface area contributed by atoms with Crippen LogP contribution >= 0.6 is 11.3 Å². The molecule has 0 bridgehead atoms. The van der Waals surface area contributed by atoms with Gasteiger partial charge in [-0.05, 0) is 11.4 Å². The molecule has 2 rings (SSSR count). The third kappa shape index (κ3) is 3.60. The Bertz CT molecular complexity index is 609. The zero-order valence-electron chi connectivity index (χ0n) is 11.6. The number of carbonyl (C=O) groups excluding carboxylic acids is 2. The van der Waals surface area contributed by atoms with Gasteiger partial charge in [0.25, 0.3) is 5.91 Å². The van der Waals surface area contributed by atoms with E-state index in [1.807, 2.05) is 0 Å². The van der Waals surface area contributed by atoms with Crippen molar-refractivity contribution < 1.29 is 19.1 Å². The minimum atomic E-state index is -0.797. The van der Waals surface area contributed by atoms with E-state index in [9.17, 15) is 9.59 Å². The molecule has 8 heteroatoms. The van der Waals surface area contributed by atoms with Crippen molar-refractivity contribution in [2.24, 2.45) is 0 Å². The number of thiophene rings is 1. The molecule has 0 saturated heterocycles. The summed E-state index contributed by atoms with van der Waals surface area (Å²) in [7, 11) is 2.77. The topological polar surface area (TPSA) is 93.3 Å². The quantitative estimate of drug-likeness (QED) is 0.776. The van der Waals surface area contributed by atoms with Gasteiger partial charge in [-0.3, -0.25) is 4.79 Å². The zero-order chi connectivity index (χ0) is 15.2. The largest absolute Gasteiger partial charge is 0.495 e. The molecule has 0 aliphatic carbocycles. The van der Waals surface area contributed by atoms with Gasteiger partial charge in [0.15, 0.2) is 0 Å². The molecule has 0 radical (unpaired) electrons. The van der Waals surface area contributed by atoms with Crippen molar-refractivity contribution in [3.05, 3.63) is 34.5 Å². The molecule has 0 fully saturated rings. The molecular formula is C13H15N3O4S. The van der Waals surface area contributed by atoms with Crippen LogP contribution in [0.1, 0.15) is 15.4 Å². The lowest BCUT2D eigenvalue weighted by atomic mass is 10.1. The lowest BCUT2D eigenvalue weighted by molar-refractivity contribution is -0.142. The summed E-state index contributed by atoms with van der Waals surface area (Å²) in [5, 5.41) is 4.40. The highest BCUT2D eigenvalue weighted by molar-refractivity contribution is 7.12. The van der Waals surface area contributed by atoms with Gasteiger partial charge < -0.3 is 19.8 Å². The van der Waals surface area contributed by atoms with Crippen LogP contribution in [0.5, 0.6) is 5.75 Å². The number of nitrogens with one attached hydrogen (secondary N) is 2. The second-order valence-electron chi connectivity index (χ2n) is 4.15. The normalized spacial score (nSPS) is 11.7. The Kier molecular flexibility index (Phi) is 4.94. The predicted octanol–water partition coefficient (Wildman–Crippen LogP) is 0.994. The minimum absolute atomic E-state index is 0.270. The van der Waals surface area contributed by atoms with E-state index in [2.05, 4.69) is 15.3 Å². The number of methoxy groups -OCH3 is 2. The van der Waals surface area contributed by atoms with Gasteiger partial charge in [-0.25, -0.2) is 9.78 Å². The Morgan fingerprint density at radius 2 is 2.29 bits per heavy atom. The fraction of sp³-hybridized carbons (Fsp3) is 0.308. The van der Waals surface area contributed by atoms with E-state index in [0.717, 1.165) is 5.69 Å². The van der Waals surface area contributed by atoms with Crippen molar-refractivity contribution in [2.45, 2.75) is 12.5 Å². The summed E-state index contributed by atoms with van der Waals surface area (Å²) in [5.74, 6) is -0.423. The average Bonchev–Trinajstić information content (AvgIpc) is 3.16. The first-order valence-electron chi connectivity index (χ1n) is 6.13. The summed E-state index contributed by atoms with van der Waals surface area (Å²) in [5.41, 5.74) is 0.726. The van der Waals surface area contributed by atoms with E-state index < -0.39 is 12.0 Å². The number of imidazole rings is 1. The molecule has 2 heterocycles. The summed E-state index contributed by atoms with van der Waals surface area (Å²) >= 11 is 1.24. The van der Waals surface area contributed by atoms with Crippen molar-refractivity contribution in [2.75, 3.05) is 14.2 Å². The minimum Gasteiger partial charge on any atom is -0.495 e. The van der Waals surface area contributed by atoms with Gasteiger partial charge in [-0.1, -0.05) is 0 Å². The molecule has 21 heavy (non-hydrogen) atoms. The maximum Gasteiger partial charge on any atom is 0.328 e. The second kappa shape index (κ2) is 6.89. The van der Waals surface area contributed by atoms with Crippen LogP contribution in [-0.2, 0) is 16.0 Å². The van der Waals surface area contributed by atoms with Crippen molar-refractivity contribution in [1.29, 1.82) is 0 Å². The predicted molar refractivity (Wildman–Crippen MR) is 76.4 cm³/mol. The molecule has 1 amide bonds. The molecule has 7 nitrogen and oxygen atoms in total. The molecule has 0 aromatic carbocycles. The highest BCUT2D eigenvalue weighted by atomic mass is 32.1. The van der Waals surface area contributed by atoms with Gasteiger partial charge >= 0.3 is 5.97 Å². The summed E-state index contributed by atoms with van der Waals surface area (Å²) in [6.07, 6.45) is 3.37. The van der Waals surface area contributed by atoms with Gasteiger partial charge in [0, 0.05) is 18.3 Å². The summed E-state index contributed by atoms with van der Waals surface area (Å²) in [4.78, 5) is 31.2. The maximum atomic E-state index is 12.2. The first kappa shape index (κ1) is 15.0. The average molecular weight is 309 g/mol. The fourth-order valence-corrected chi connectivity index (χ4v) is 2.56. The molecule has 112 valence electrons. The molecule has 0 saturated carbocycles. The summed E-state index contributed by atoms with van der Waals surface area (Å²) < 4.78 is 9.82. The Morgan fingerprint density at radius 3 is 2.90 bits per heavy atom. The molecule has 2 aromatic heterocycles. The molecule has 0 unspecified atom stereocenters. The standard InChI is InChI=1S/C13H15N3O4S/c1-19-10-3-4-21-11(10)12(17)16-9(13(18)20-2)5-8-6-14-7-15-8/h3-4,6-7,9H,5H2,1-2H3,(H,14,15)(H,16,17)/t9-/m0/s1. The van der Waals surface area contributed by atoms with E-state index in [0.29, 0.717) is 10.6 Å². The third-order valence-electron chi connectivity index (χ3n) is 2.83. The number of carbonyl (C=O) groups is 2. The Balaban J connectivity index is 2.11. The first-order chi connectivity index (χ1) is 10.2. The van der Waals surface area contributed by atoms with Crippen LogP contribution < -0.4 is 10.1 Å². The summed E-state index contributed by atoms with van der Waals surface area (Å²) in [6.45, 7) is 0. The van der Waals surface area contributed by atoms with Crippen LogP contribution in [0.25, 0.3) is 0 Å². The van der Waals surface area contributed by atoms with E-state index in [4.69, 9.17) is 9.47 Å². The smallest absolute Gasteiger partial charge is 0.328 e. The molecule has 2 N–H and O–H groups in total. The van der Waals surface area contributed by atoms with Crippen LogP contribution in [0, 0.1) is 0 Å². The van der Waals surface area contributed by atoms with E-state index in [1.54, 1.807) is 17.6 Å². The van der Waals surface area contributed by atoms with Crippen molar-refractivity contribution in [1.82, 2.24) is 15.3 Å². The van der Waals surface area contributed by atoms with Gasteiger partial charge in [0.1, 0.15) is 16.7 Å². The SMILES string of the molecule is COC(=O)[C@H](Cc1cnc[nH]1)NC(=O)c1sccc1OC. The van der Waals surface area contributed by atoms with Crippen molar-refractivity contribution in [3.63, 3.8) is 0 Å². The number of aromatic amines is 1. The van der Waals surface area contributed by atoms with E-state index in [-0.39, 0.29) is 12.3 Å². The number of aromatic nitrogens is 2.